The number of aromatic nitrogens is 1. The van der Waals surface area contributed by atoms with Gasteiger partial charge in [-0.3, -0.25) is 0 Å². The van der Waals surface area contributed by atoms with Crippen molar-refractivity contribution in [2.45, 2.75) is 13.5 Å². The highest BCUT2D eigenvalue weighted by Gasteiger charge is 2.22. The van der Waals surface area contributed by atoms with E-state index >= 15 is 0 Å². The van der Waals surface area contributed by atoms with Gasteiger partial charge in [0.15, 0.2) is 11.4 Å². The van der Waals surface area contributed by atoms with Crippen molar-refractivity contribution in [2.24, 2.45) is 0 Å². The third-order valence-corrected chi connectivity index (χ3v) is 5.10. The van der Waals surface area contributed by atoms with E-state index in [1.165, 1.54) is 0 Å². The molecule has 2 aromatic carbocycles. The number of halogens is 2. The maximum absolute atomic E-state index is 12.4. The minimum atomic E-state index is -0.481. The molecule has 0 aliphatic carbocycles. The van der Waals surface area contributed by atoms with E-state index in [1.54, 1.807) is 6.92 Å². The van der Waals surface area contributed by atoms with Crippen molar-refractivity contribution >= 4 is 55.4 Å². The van der Waals surface area contributed by atoms with E-state index in [1.807, 2.05) is 48.5 Å². The molecule has 0 radical (unpaired) electrons. The number of rotatable bonds is 5. The highest BCUT2D eigenvalue weighted by molar-refractivity contribution is 14.1. The molecule has 128 valence electrons. The molecular formula is C19H15BrINO3. The summed E-state index contributed by atoms with van der Waals surface area (Å²) in [7, 11) is 0. The average Bonchev–Trinajstić information content (AvgIpc) is 2.61. The first kappa shape index (κ1) is 18.1. The number of fused-ring (bicyclic) bond motifs is 1. The number of ether oxygens (including phenoxy) is 2. The Morgan fingerprint density at radius 2 is 1.96 bits per heavy atom. The maximum atomic E-state index is 12.4. The van der Waals surface area contributed by atoms with E-state index in [2.05, 4.69) is 43.5 Å². The normalized spacial score (nSPS) is 10.7. The quantitative estimate of drug-likeness (QED) is 0.342. The number of hydrogen-bond donors (Lipinski definition) is 0. The average molecular weight is 512 g/mol. The number of pyridine rings is 1. The van der Waals surface area contributed by atoms with Crippen molar-refractivity contribution in [1.82, 2.24) is 4.98 Å². The fraction of sp³-hybridized carbons (Fsp3) is 0.158. The predicted molar refractivity (Wildman–Crippen MR) is 109 cm³/mol. The molecule has 3 aromatic rings. The minimum absolute atomic E-state index is 0.202. The Morgan fingerprint density at radius 1 is 1.20 bits per heavy atom. The summed E-state index contributed by atoms with van der Waals surface area (Å²) < 4.78 is 12.9. The largest absolute Gasteiger partial charge is 0.485 e. The predicted octanol–water partition coefficient (Wildman–Crippen LogP) is 5.36. The van der Waals surface area contributed by atoms with Crippen LogP contribution < -0.4 is 4.74 Å². The standard InChI is InChI=1S/C19H15BrINO3/c1-2-24-19(23)17-18(25-11-12-6-4-3-5-7-12)16(21)14-9-8-13(20)10-15(14)22-17/h3-10H,2,11H2,1H3. The SMILES string of the molecule is CCOC(=O)c1nc2cc(Br)ccc2c(I)c1OCc1ccccc1. The van der Waals surface area contributed by atoms with Gasteiger partial charge in [0.2, 0.25) is 0 Å². The van der Waals surface area contributed by atoms with Crippen LogP contribution >= 0.6 is 38.5 Å². The van der Waals surface area contributed by atoms with Crippen LogP contribution in [0.2, 0.25) is 0 Å². The van der Waals surface area contributed by atoms with Gasteiger partial charge in [-0.25, -0.2) is 9.78 Å². The van der Waals surface area contributed by atoms with Crippen LogP contribution in [0.4, 0.5) is 0 Å². The van der Waals surface area contributed by atoms with Gasteiger partial charge in [-0.1, -0.05) is 52.3 Å². The van der Waals surface area contributed by atoms with Gasteiger partial charge >= 0.3 is 5.97 Å². The van der Waals surface area contributed by atoms with E-state index in [4.69, 9.17) is 9.47 Å². The molecule has 0 saturated carbocycles. The molecule has 0 aliphatic rings. The van der Waals surface area contributed by atoms with E-state index in [0.717, 1.165) is 19.0 Å². The lowest BCUT2D eigenvalue weighted by molar-refractivity contribution is 0.0514. The third kappa shape index (κ3) is 4.12. The van der Waals surface area contributed by atoms with Crippen LogP contribution in [0, 0.1) is 3.57 Å². The molecule has 0 fully saturated rings. The summed E-state index contributed by atoms with van der Waals surface area (Å²) in [4.78, 5) is 16.9. The molecule has 25 heavy (non-hydrogen) atoms. The molecule has 1 aromatic heterocycles. The summed E-state index contributed by atoms with van der Waals surface area (Å²) in [5, 5.41) is 0.930. The molecule has 0 atom stereocenters. The van der Waals surface area contributed by atoms with Crippen molar-refractivity contribution in [3.05, 3.63) is 67.8 Å². The lowest BCUT2D eigenvalue weighted by Gasteiger charge is -2.14. The van der Waals surface area contributed by atoms with Crippen LogP contribution in [-0.4, -0.2) is 17.6 Å². The zero-order chi connectivity index (χ0) is 17.8. The zero-order valence-corrected chi connectivity index (χ0v) is 17.2. The summed E-state index contributed by atoms with van der Waals surface area (Å²) in [6.07, 6.45) is 0. The lowest BCUT2D eigenvalue weighted by Crippen LogP contribution is -2.12. The molecule has 0 spiro atoms. The molecule has 0 saturated heterocycles. The minimum Gasteiger partial charge on any atom is -0.485 e. The van der Waals surface area contributed by atoms with Gasteiger partial charge in [-0.05, 0) is 47.2 Å². The maximum Gasteiger partial charge on any atom is 0.360 e. The van der Waals surface area contributed by atoms with E-state index < -0.39 is 5.97 Å². The van der Waals surface area contributed by atoms with Gasteiger partial charge in [0.1, 0.15) is 6.61 Å². The van der Waals surface area contributed by atoms with Crippen molar-refractivity contribution < 1.29 is 14.3 Å². The molecule has 6 heteroatoms. The first-order valence-corrected chi connectivity index (χ1v) is 9.60. The Morgan fingerprint density at radius 3 is 2.68 bits per heavy atom. The molecule has 0 bridgehead atoms. The van der Waals surface area contributed by atoms with Gasteiger partial charge < -0.3 is 9.47 Å². The monoisotopic (exact) mass is 511 g/mol. The summed E-state index contributed by atoms with van der Waals surface area (Å²) in [6, 6.07) is 15.6. The molecule has 0 unspecified atom stereocenters. The molecule has 0 amide bonds. The molecular weight excluding hydrogens is 497 g/mol. The Kier molecular flexibility index (Phi) is 5.90. The van der Waals surface area contributed by atoms with Gasteiger partial charge in [-0.2, -0.15) is 0 Å². The van der Waals surface area contributed by atoms with Crippen LogP contribution in [-0.2, 0) is 11.3 Å². The Labute approximate surface area is 167 Å². The third-order valence-electron chi connectivity index (χ3n) is 3.54. The van der Waals surface area contributed by atoms with Crippen LogP contribution in [0.5, 0.6) is 5.75 Å². The number of esters is 1. The van der Waals surface area contributed by atoms with E-state index in [0.29, 0.717) is 17.9 Å². The summed E-state index contributed by atoms with van der Waals surface area (Å²) >= 11 is 5.63. The molecule has 1 heterocycles. The van der Waals surface area contributed by atoms with Crippen molar-refractivity contribution in [3.63, 3.8) is 0 Å². The number of carbonyl (C=O) groups excluding carboxylic acids is 1. The summed E-state index contributed by atoms with van der Waals surface area (Å²) in [5.41, 5.74) is 1.94. The fourth-order valence-corrected chi connectivity index (χ4v) is 3.60. The van der Waals surface area contributed by atoms with Gasteiger partial charge in [-0.15, -0.1) is 0 Å². The van der Waals surface area contributed by atoms with Gasteiger partial charge in [0, 0.05) is 9.86 Å². The van der Waals surface area contributed by atoms with Crippen LogP contribution in [0.15, 0.2) is 53.0 Å². The van der Waals surface area contributed by atoms with Crippen molar-refractivity contribution in [2.75, 3.05) is 6.61 Å². The topological polar surface area (TPSA) is 48.4 Å². The second-order valence-electron chi connectivity index (χ2n) is 5.26. The van der Waals surface area contributed by atoms with Crippen LogP contribution in [0.3, 0.4) is 0 Å². The molecule has 3 rings (SSSR count). The summed E-state index contributed by atoms with van der Waals surface area (Å²) in [6.45, 7) is 2.41. The molecule has 0 aliphatic heterocycles. The smallest absolute Gasteiger partial charge is 0.360 e. The first-order valence-electron chi connectivity index (χ1n) is 7.72. The highest BCUT2D eigenvalue weighted by Crippen LogP contribution is 2.33. The van der Waals surface area contributed by atoms with Crippen LogP contribution in [0.25, 0.3) is 10.9 Å². The number of benzene rings is 2. The second kappa shape index (κ2) is 8.14. The molecule has 0 N–H and O–H groups in total. The first-order chi connectivity index (χ1) is 12.1. The van der Waals surface area contributed by atoms with Gasteiger partial charge in [0.05, 0.1) is 15.7 Å². The number of nitrogens with zero attached hydrogens (tertiary/aromatic N) is 1. The van der Waals surface area contributed by atoms with E-state index in [-0.39, 0.29) is 12.3 Å². The Bertz CT molecular complexity index is 915. The zero-order valence-electron chi connectivity index (χ0n) is 13.5. The van der Waals surface area contributed by atoms with Crippen LogP contribution in [0.1, 0.15) is 23.0 Å². The lowest BCUT2D eigenvalue weighted by atomic mass is 10.2. The number of carbonyl (C=O) groups is 1. The number of hydrogen-bond acceptors (Lipinski definition) is 4. The Hall–Kier alpha value is -1.67. The van der Waals surface area contributed by atoms with E-state index in [9.17, 15) is 4.79 Å². The van der Waals surface area contributed by atoms with Crippen molar-refractivity contribution in [1.29, 1.82) is 0 Å². The van der Waals surface area contributed by atoms with Crippen molar-refractivity contribution in [3.8, 4) is 5.75 Å². The summed E-state index contributed by atoms with van der Waals surface area (Å²) in [5.74, 6) is -0.0249. The molecule has 4 nitrogen and oxygen atoms in total. The fourth-order valence-electron chi connectivity index (χ4n) is 2.38. The van der Waals surface area contributed by atoms with Gasteiger partial charge in [0.25, 0.3) is 0 Å². The highest BCUT2D eigenvalue weighted by atomic mass is 127. The Balaban J connectivity index is 2.06. The second-order valence-corrected chi connectivity index (χ2v) is 7.25.